The van der Waals surface area contributed by atoms with E-state index in [0.717, 1.165) is 35.5 Å². The quantitative estimate of drug-likeness (QED) is 0.497. The van der Waals surface area contributed by atoms with Crippen molar-refractivity contribution < 1.29 is 15.0 Å². The summed E-state index contributed by atoms with van der Waals surface area (Å²) in [5.41, 5.74) is 4.52. The third kappa shape index (κ3) is 4.40. The fourth-order valence-electron chi connectivity index (χ4n) is 3.33. The van der Waals surface area contributed by atoms with Crippen LogP contribution < -0.4 is 0 Å². The SMILES string of the molecule is CCCCCCn1c(-c2ccc(O)cc2)ccc1-c1ccc(C(=O)O)cc1. The molecule has 1 aromatic heterocycles. The van der Waals surface area contributed by atoms with E-state index in [0.29, 0.717) is 5.56 Å². The predicted octanol–water partition coefficient (Wildman–Crippen LogP) is 5.81. The van der Waals surface area contributed by atoms with Crippen LogP contribution in [-0.2, 0) is 6.54 Å². The Morgan fingerprint density at radius 2 is 1.37 bits per heavy atom. The molecule has 0 unspecified atom stereocenters. The van der Waals surface area contributed by atoms with E-state index in [-0.39, 0.29) is 5.75 Å². The van der Waals surface area contributed by atoms with Gasteiger partial charge in [0.15, 0.2) is 0 Å². The first-order valence-electron chi connectivity index (χ1n) is 9.43. The van der Waals surface area contributed by atoms with E-state index in [1.807, 2.05) is 24.3 Å². The third-order valence-corrected chi connectivity index (χ3v) is 4.81. The number of unbranched alkanes of at least 4 members (excludes halogenated alkanes) is 3. The van der Waals surface area contributed by atoms with Crippen molar-refractivity contribution in [1.29, 1.82) is 0 Å². The van der Waals surface area contributed by atoms with E-state index in [9.17, 15) is 9.90 Å². The molecular formula is C23H25NO3. The average Bonchev–Trinajstić information content (AvgIpc) is 3.09. The Morgan fingerprint density at radius 1 is 0.815 bits per heavy atom. The Hall–Kier alpha value is -3.01. The minimum absolute atomic E-state index is 0.254. The van der Waals surface area contributed by atoms with Gasteiger partial charge in [0.05, 0.1) is 5.56 Å². The fraction of sp³-hybridized carbons (Fsp3) is 0.261. The van der Waals surface area contributed by atoms with Crippen LogP contribution in [0.1, 0.15) is 43.0 Å². The Labute approximate surface area is 159 Å². The molecule has 4 heteroatoms. The first-order valence-corrected chi connectivity index (χ1v) is 9.43. The lowest BCUT2D eigenvalue weighted by Crippen LogP contribution is -2.03. The first kappa shape index (κ1) is 18.8. The number of carboxylic acid groups (broad SMARTS) is 1. The van der Waals surface area contributed by atoms with Crippen molar-refractivity contribution in [2.45, 2.75) is 39.2 Å². The van der Waals surface area contributed by atoms with Gasteiger partial charge in [0.25, 0.3) is 0 Å². The zero-order valence-corrected chi connectivity index (χ0v) is 15.6. The summed E-state index contributed by atoms with van der Waals surface area (Å²) >= 11 is 0. The van der Waals surface area contributed by atoms with Gasteiger partial charge >= 0.3 is 5.97 Å². The van der Waals surface area contributed by atoms with Crippen molar-refractivity contribution in [3.05, 3.63) is 66.2 Å². The molecule has 3 rings (SSSR count). The van der Waals surface area contributed by atoms with Gasteiger partial charge in [0, 0.05) is 17.9 Å². The Morgan fingerprint density at radius 3 is 1.89 bits per heavy atom. The largest absolute Gasteiger partial charge is 0.508 e. The van der Waals surface area contributed by atoms with E-state index in [1.54, 1.807) is 24.3 Å². The number of hydrogen-bond acceptors (Lipinski definition) is 2. The zero-order valence-electron chi connectivity index (χ0n) is 15.6. The summed E-state index contributed by atoms with van der Waals surface area (Å²) < 4.78 is 2.29. The Bertz CT molecular complexity index is 892. The van der Waals surface area contributed by atoms with Crippen LogP contribution in [0.2, 0.25) is 0 Å². The van der Waals surface area contributed by atoms with Gasteiger partial charge in [-0.2, -0.15) is 0 Å². The van der Waals surface area contributed by atoms with Crippen LogP contribution in [0.15, 0.2) is 60.7 Å². The lowest BCUT2D eigenvalue weighted by Gasteiger charge is -2.14. The highest BCUT2D eigenvalue weighted by Crippen LogP contribution is 2.30. The summed E-state index contributed by atoms with van der Waals surface area (Å²) in [6, 6.07) is 18.4. The van der Waals surface area contributed by atoms with Crippen molar-refractivity contribution in [3.8, 4) is 28.3 Å². The van der Waals surface area contributed by atoms with E-state index < -0.39 is 5.97 Å². The standard InChI is InChI=1S/C23H25NO3/c1-2-3-4-5-16-24-21(17-6-8-19(9-7-17)23(26)27)14-15-22(24)18-10-12-20(25)13-11-18/h6-15,25H,2-5,16H2,1H3,(H,26,27). The van der Waals surface area contributed by atoms with Gasteiger partial charge in [0.2, 0.25) is 0 Å². The van der Waals surface area contributed by atoms with E-state index in [2.05, 4.69) is 23.6 Å². The highest BCUT2D eigenvalue weighted by atomic mass is 16.4. The van der Waals surface area contributed by atoms with Gasteiger partial charge in [-0.25, -0.2) is 4.79 Å². The van der Waals surface area contributed by atoms with Crippen molar-refractivity contribution in [2.24, 2.45) is 0 Å². The van der Waals surface area contributed by atoms with Crippen LogP contribution in [0.5, 0.6) is 5.75 Å². The Balaban J connectivity index is 1.97. The summed E-state index contributed by atoms with van der Waals surface area (Å²) in [5, 5.41) is 18.7. The molecule has 0 fully saturated rings. The van der Waals surface area contributed by atoms with Gasteiger partial charge in [-0.05, 0) is 66.1 Å². The normalized spacial score (nSPS) is 10.9. The van der Waals surface area contributed by atoms with Gasteiger partial charge in [-0.3, -0.25) is 0 Å². The number of aromatic nitrogens is 1. The van der Waals surface area contributed by atoms with E-state index >= 15 is 0 Å². The molecule has 0 spiro atoms. The molecule has 1 heterocycles. The lowest BCUT2D eigenvalue weighted by molar-refractivity contribution is 0.0697. The molecule has 4 nitrogen and oxygen atoms in total. The lowest BCUT2D eigenvalue weighted by atomic mass is 10.1. The third-order valence-electron chi connectivity index (χ3n) is 4.81. The maximum absolute atomic E-state index is 11.1. The topological polar surface area (TPSA) is 62.5 Å². The number of hydrogen-bond donors (Lipinski definition) is 2. The van der Waals surface area contributed by atoms with Crippen molar-refractivity contribution >= 4 is 5.97 Å². The summed E-state index contributed by atoms with van der Waals surface area (Å²) in [6.45, 7) is 3.10. The van der Waals surface area contributed by atoms with E-state index in [1.165, 1.54) is 19.3 Å². The van der Waals surface area contributed by atoms with Crippen LogP contribution >= 0.6 is 0 Å². The van der Waals surface area contributed by atoms with Gasteiger partial charge < -0.3 is 14.8 Å². The molecule has 0 aliphatic rings. The maximum Gasteiger partial charge on any atom is 0.335 e. The zero-order chi connectivity index (χ0) is 19.2. The van der Waals surface area contributed by atoms with Crippen LogP contribution in [0.4, 0.5) is 0 Å². The summed E-state index contributed by atoms with van der Waals surface area (Å²) in [7, 11) is 0. The van der Waals surface area contributed by atoms with Crippen LogP contribution in [0, 0.1) is 0 Å². The molecule has 0 aliphatic carbocycles. The summed E-state index contributed by atoms with van der Waals surface area (Å²) in [4.78, 5) is 11.1. The molecular weight excluding hydrogens is 338 g/mol. The number of nitrogens with zero attached hydrogens (tertiary/aromatic N) is 1. The highest BCUT2D eigenvalue weighted by molar-refractivity contribution is 5.88. The fourth-order valence-corrected chi connectivity index (χ4v) is 3.33. The van der Waals surface area contributed by atoms with Crippen LogP contribution in [-0.4, -0.2) is 20.7 Å². The highest BCUT2D eigenvalue weighted by Gasteiger charge is 2.12. The van der Waals surface area contributed by atoms with Gasteiger partial charge in [-0.15, -0.1) is 0 Å². The molecule has 0 saturated heterocycles. The molecule has 0 bridgehead atoms. The maximum atomic E-state index is 11.1. The average molecular weight is 363 g/mol. The monoisotopic (exact) mass is 363 g/mol. The number of phenolic OH excluding ortho intramolecular Hbond substituents is 1. The second kappa shape index (κ2) is 8.58. The number of rotatable bonds is 8. The molecule has 0 atom stereocenters. The number of benzene rings is 2. The summed E-state index contributed by atoms with van der Waals surface area (Å²) in [5.74, 6) is -0.662. The smallest absolute Gasteiger partial charge is 0.335 e. The van der Waals surface area contributed by atoms with Gasteiger partial charge in [-0.1, -0.05) is 38.3 Å². The number of aromatic carboxylic acids is 1. The molecule has 0 saturated carbocycles. The van der Waals surface area contributed by atoms with Crippen molar-refractivity contribution in [3.63, 3.8) is 0 Å². The predicted molar refractivity (Wildman–Crippen MR) is 108 cm³/mol. The van der Waals surface area contributed by atoms with Crippen molar-refractivity contribution in [1.82, 2.24) is 4.57 Å². The van der Waals surface area contributed by atoms with Gasteiger partial charge in [0.1, 0.15) is 5.75 Å². The number of phenols is 1. The molecule has 0 radical (unpaired) electrons. The van der Waals surface area contributed by atoms with Crippen LogP contribution in [0.25, 0.3) is 22.5 Å². The number of carbonyl (C=O) groups is 1. The molecule has 0 aliphatic heterocycles. The van der Waals surface area contributed by atoms with Crippen LogP contribution in [0.3, 0.4) is 0 Å². The second-order valence-corrected chi connectivity index (χ2v) is 6.75. The minimum Gasteiger partial charge on any atom is -0.508 e. The number of carboxylic acids is 1. The minimum atomic E-state index is -0.915. The molecule has 0 amide bonds. The molecule has 2 N–H and O–H groups in total. The van der Waals surface area contributed by atoms with E-state index in [4.69, 9.17) is 5.11 Å². The molecule has 27 heavy (non-hydrogen) atoms. The number of aromatic hydroxyl groups is 1. The molecule has 3 aromatic rings. The second-order valence-electron chi connectivity index (χ2n) is 6.75. The Kier molecular flexibility index (Phi) is 5.97. The molecule has 140 valence electrons. The summed E-state index contributed by atoms with van der Waals surface area (Å²) in [6.07, 6.45) is 4.69. The molecule has 2 aromatic carbocycles. The van der Waals surface area contributed by atoms with Crippen molar-refractivity contribution in [2.75, 3.05) is 0 Å². The first-order chi connectivity index (χ1) is 13.1.